The second-order valence-electron chi connectivity index (χ2n) is 3.49. The van der Waals surface area contributed by atoms with Crippen molar-refractivity contribution in [3.63, 3.8) is 0 Å². The Morgan fingerprint density at radius 3 is 2.76 bits per heavy atom. The average molecular weight is 341 g/mol. The van der Waals surface area contributed by atoms with Crippen molar-refractivity contribution in [2.75, 3.05) is 11.4 Å². The normalized spacial score (nSPS) is 20.9. The number of carbonyl (C=O) groups excluding carboxylic acids is 1. The molecule has 0 radical (unpaired) electrons. The summed E-state index contributed by atoms with van der Waals surface area (Å²) in [6, 6.07) is 1.61. The van der Waals surface area contributed by atoms with E-state index in [-0.39, 0.29) is 24.8 Å². The van der Waals surface area contributed by atoms with E-state index in [4.69, 9.17) is 10.7 Å². The zero-order valence-corrected chi connectivity index (χ0v) is 11.5. The van der Waals surface area contributed by atoms with Crippen molar-refractivity contribution in [3.05, 3.63) is 16.9 Å². The molecule has 0 N–H and O–H groups in total. The second-order valence-corrected chi connectivity index (χ2v) is 7.21. The van der Waals surface area contributed by atoms with Gasteiger partial charge in [0.15, 0.2) is 0 Å². The van der Waals surface area contributed by atoms with Gasteiger partial charge >= 0.3 is 0 Å². The number of aromatic nitrogens is 2. The summed E-state index contributed by atoms with van der Waals surface area (Å²) >= 11 is 3.15. The number of hydrogen-bond donors (Lipinski definition) is 0. The van der Waals surface area contributed by atoms with E-state index in [9.17, 15) is 13.2 Å². The highest BCUT2D eigenvalue weighted by Gasteiger charge is 2.39. The fourth-order valence-electron chi connectivity index (χ4n) is 1.51. The third-order valence-corrected chi connectivity index (χ3v) is 4.65. The zero-order chi connectivity index (χ0) is 12.6. The highest BCUT2D eigenvalue weighted by molar-refractivity contribution is 9.10. The first-order valence-corrected chi connectivity index (χ1v) is 7.77. The minimum Gasteiger partial charge on any atom is -0.279 e. The Kier molecular flexibility index (Phi) is 3.37. The summed E-state index contributed by atoms with van der Waals surface area (Å²) in [7, 11) is 1.49. The summed E-state index contributed by atoms with van der Waals surface area (Å²) in [6.07, 6.45) is 1.34. The number of anilines is 1. The van der Waals surface area contributed by atoms with Gasteiger partial charge in [-0.3, -0.25) is 9.69 Å². The first-order chi connectivity index (χ1) is 7.88. The zero-order valence-electron chi connectivity index (χ0n) is 8.38. The molecule has 0 aromatic carbocycles. The van der Waals surface area contributed by atoms with Gasteiger partial charge < -0.3 is 0 Å². The van der Waals surface area contributed by atoms with Gasteiger partial charge in [0.1, 0.15) is 9.85 Å². The summed E-state index contributed by atoms with van der Waals surface area (Å²) in [6.45, 7) is -0.0128. The molecule has 1 saturated heterocycles. The topological polar surface area (TPSA) is 80.2 Å². The molecule has 1 aliphatic rings. The van der Waals surface area contributed by atoms with E-state index in [0.29, 0.717) is 4.60 Å². The van der Waals surface area contributed by atoms with Crippen molar-refractivity contribution in [1.29, 1.82) is 0 Å². The first kappa shape index (κ1) is 12.7. The lowest BCUT2D eigenvalue weighted by Crippen LogP contribution is -2.28. The summed E-state index contributed by atoms with van der Waals surface area (Å²) in [4.78, 5) is 20.8. The van der Waals surface area contributed by atoms with E-state index in [1.165, 1.54) is 11.1 Å². The van der Waals surface area contributed by atoms with Crippen LogP contribution in [0, 0.1) is 0 Å². The number of hydrogen-bond acceptors (Lipinski definition) is 5. The predicted octanol–water partition coefficient (Wildman–Crippen LogP) is 0.913. The smallest absolute Gasteiger partial charge is 0.237 e. The molecule has 1 unspecified atom stereocenters. The molecule has 1 amide bonds. The minimum atomic E-state index is -3.74. The SMILES string of the molecule is O=C1CC(S(=O)(=O)Cl)CN1c1nccc(Br)n1. The molecule has 0 bridgehead atoms. The van der Waals surface area contributed by atoms with Gasteiger partial charge in [0, 0.05) is 29.8 Å². The van der Waals surface area contributed by atoms with Crippen LogP contribution in [0.15, 0.2) is 16.9 Å². The lowest BCUT2D eigenvalue weighted by atomic mass is 10.4. The second kappa shape index (κ2) is 4.51. The van der Waals surface area contributed by atoms with Crippen LogP contribution in [0.4, 0.5) is 5.95 Å². The molecule has 2 rings (SSSR count). The van der Waals surface area contributed by atoms with Crippen LogP contribution in [0.25, 0.3) is 0 Å². The molecule has 9 heteroatoms. The van der Waals surface area contributed by atoms with E-state index in [1.807, 2.05) is 0 Å². The van der Waals surface area contributed by atoms with Gasteiger partial charge in [0.25, 0.3) is 0 Å². The highest BCUT2D eigenvalue weighted by Crippen LogP contribution is 2.24. The van der Waals surface area contributed by atoms with Gasteiger partial charge in [-0.15, -0.1) is 0 Å². The molecule has 1 aliphatic heterocycles. The number of amides is 1. The van der Waals surface area contributed by atoms with Gasteiger partial charge in [0.2, 0.25) is 20.9 Å². The fourth-order valence-corrected chi connectivity index (χ4v) is 2.82. The Morgan fingerprint density at radius 1 is 1.53 bits per heavy atom. The molecule has 0 saturated carbocycles. The number of rotatable bonds is 2. The molecule has 1 aromatic heterocycles. The molecule has 17 heavy (non-hydrogen) atoms. The molecule has 0 aliphatic carbocycles. The summed E-state index contributed by atoms with van der Waals surface area (Å²) in [5.41, 5.74) is 0. The molecule has 0 spiro atoms. The van der Waals surface area contributed by atoms with E-state index in [2.05, 4.69) is 25.9 Å². The Morgan fingerprint density at radius 2 is 2.24 bits per heavy atom. The van der Waals surface area contributed by atoms with Crippen molar-refractivity contribution < 1.29 is 13.2 Å². The molecule has 92 valence electrons. The fraction of sp³-hybridized carbons (Fsp3) is 0.375. The van der Waals surface area contributed by atoms with Gasteiger partial charge in [-0.25, -0.2) is 18.4 Å². The average Bonchev–Trinajstić information content (AvgIpc) is 2.60. The van der Waals surface area contributed by atoms with Gasteiger partial charge in [-0.1, -0.05) is 0 Å². The van der Waals surface area contributed by atoms with Crippen LogP contribution in [0.1, 0.15) is 6.42 Å². The molecule has 2 heterocycles. The van der Waals surface area contributed by atoms with E-state index in [0.717, 1.165) is 0 Å². The predicted molar refractivity (Wildman–Crippen MR) is 65.3 cm³/mol. The lowest BCUT2D eigenvalue weighted by molar-refractivity contribution is -0.117. The largest absolute Gasteiger partial charge is 0.279 e. The van der Waals surface area contributed by atoms with Crippen LogP contribution in [-0.2, 0) is 13.8 Å². The Labute approximate surface area is 111 Å². The number of nitrogens with zero attached hydrogens (tertiary/aromatic N) is 3. The van der Waals surface area contributed by atoms with Crippen LogP contribution < -0.4 is 4.90 Å². The molecule has 1 aromatic rings. The Hall–Kier alpha value is -0.730. The van der Waals surface area contributed by atoms with Crippen LogP contribution in [0.2, 0.25) is 0 Å². The maximum Gasteiger partial charge on any atom is 0.237 e. The third kappa shape index (κ3) is 2.75. The molecular formula is C8H7BrClN3O3S. The number of carbonyl (C=O) groups is 1. The summed E-state index contributed by atoms with van der Waals surface area (Å²) in [5, 5.41) is -0.903. The molecular weight excluding hydrogens is 334 g/mol. The van der Waals surface area contributed by atoms with E-state index in [1.54, 1.807) is 6.07 Å². The number of halogens is 2. The maximum atomic E-state index is 11.7. The van der Waals surface area contributed by atoms with Crippen molar-refractivity contribution in [2.45, 2.75) is 11.7 Å². The summed E-state index contributed by atoms with van der Waals surface area (Å²) in [5.74, 6) is -0.176. The van der Waals surface area contributed by atoms with Crippen molar-refractivity contribution in [1.82, 2.24) is 9.97 Å². The van der Waals surface area contributed by atoms with Gasteiger partial charge in [0.05, 0.1) is 0 Å². The first-order valence-electron chi connectivity index (χ1n) is 4.60. The Balaban J connectivity index is 2.28. The highest BCUT2D eigenvalue weighted by atomic mass is 79.9. The van der Waals surface area contributed by atoms with Crippen LogP contribution in [0.5, 0.6) is 0 Å². The van der Waals surface area contributed by atoms with Crippen LogP contribution >= 0.6 is 26.6 Å². The van der Waals surface area contributed by atoms with Gasteiger partial charge in [-0.2, -0.15) is 0 Å². The minimum absolute atomic E-state index is 0.0128. The molecule has 1 fully saturated rings. The van der Waals surface area contributed by atoms with E-state index >= 15 is 0 Å². The lowest BCUT2D eigenvalue weighted by Gasteiger charge is -2.13. The van der Waals surface area contributed by atoms with Crippen molar-refractivity contribution >= 4 is 47.5 Å². The van der Waals surface area contributed by atoms with Crippen molar-refractivity contribution in [3.8, 4) is 0 Å². The monoisotopic (exact) mass is 339 g/mol. The molecule has 1 atom stereocenters. The summed E-state index contributed by atoms with van der Waals surface area (Å²) < 4.78 is 22.8. The van der Waals surface area contributed by atoms with Crippen LogP contribution in [0.3, 0.4) is 0 Å². The maximum absolute atomic E-state index is 11.7. The Bertz CT molecular complexity index is 565. The quantitative estimate of drug-likeness (QED) is 0.590. The third-order valence-electron chi connectivity index (χ3n) is 2.34. The standard InChI is InChI=1S/C8H7BrClN3O3S/c9-6-1-2-11-8(12-6)13-4-5(3-7(13)14)17(10,15)16/h1-2,5H,3-4H2. The molecule has 6 nitrogen and oxygen atoms in total. The van der Waals surface area contributed by atoms with Gasteiger partial charge in [-0.05, 0) is 22.0 Å². The van der Waals surface area contributed by atoms with Crippen molar-refractivity contribution in [2.24, 2.45) is 0 Å². The van der Waals surface area contributed by atoms with E-state index < -0.39 is 14.3 Å². The van der Waals surface area contributed by atoms with Crippen LogP contribution in [-0.4, -0.2) is 36.1 Å².